The number of aryl methyl sites for hydroxylation is 1. The van der Waals surface area contributed by atoms with Crippen molar-refractivity contribution in [3.05, 3.63) is 71.9 Å². The average molecular weight is 525 g/mol. The lowest BCUT2D eigenvalue weighted by Gasteiger charge is -2.33. The zero-order chi connectivity index (χ0) is 28.1. The number of fused-ring (bicyclic) bond motifs is 1. The van der Waals surface area contributed by atoms with E-state index in [4.69, 9.17) is 4.74 Å². The van der Waals surface area contributed by atoms with E-state index < -0.39 is 30.0 Å². The molecule has 0 aliphatic carbocycles. The van der Waals surface area contributed by atoms with E-state index in [0.717, 1.165) is 5.56 Å². The maximum Gasteiger partial charge on any atom is 0.245 e. The Morgan fingerprint density at radius 1 is 1.00 bits per heavy atom. The molecule has 4 N–H and O–H groups in total. The second-order valence-corrected chi connectivity index (χ2v) is 9.47. The predicted octanol–water partition coefficient (Wildman–Crippen LogP) is 2.10. The Bertz CT molecular complexity index is 1070. The zero-order valence-corrected chi connectivity index (χ0v) is 22.8. The molecule has 1 aliphatic heterocycles. The molecule has 0 aromatic heterocycles. The summed E-state index contributed by atoms with van der Waals surface area (Å²) in [5.41, 5.74) is 2.10. The van der Waals surface area contributed by atoms with Gasteiger partial charge in [-0.25, -0.2) is 0 Å². The second kappa shape index (κ2) is 15.5. The lowest BCUT2D eigenvalue weighted by molar-refractivity contribution is -0.145. The third kappa shape index (κ3) is 9.64. The Labute approximate surface area is 225 Å². The van der Waals surface area contributed by atoms with Crippen LogP contribution in [0.5, 0.6) is 5.75 Å². The molecule has 3 unspecified atom stereocenters. The van der Waals surface area contributed by atoms with Crippen molar-refractivity contribution in [2.45, 2.75) is 45.9 Å². The number of aliphatic hydroxyl groups is 1. The molecule has 0 saturated carbocycles. The van der Waals surface area contributed by atoms with Gasteiger partial charge in [-0.2, -0.15) is 0 Å². The summed E-state index contributed by atoms with van der Waals surface area (Å²) < 4.78 is 5.85. The molecule has 3 atom stereocenters. The van der Waals surface area contributed by atoms with Gasteiger partial charge in [-0.1, -0.05) is 67.9 Å². The number of hydrogen-bond donors (Lipinski definition) is 4. The van der Waals surface area contributed by atoms with E-state index in [1.807, 2.05) is 56.3 Å². The van der Waals surface area contributed by atoms with E-state index in [9.17, 15) is 19.5 Å². The normalized spacial score (nSPS) is 21.0. The molecule has 9 heteroatoms. The summed E-state index contributed by atoms with van der Waals surface area (Å²) in [4.78, 5) is 39.1. The fraction of sp³-hybridized carbons (Fsp3) is 0.414. The molecule has 0 saturated heterocycles. The van der Waals surface area contributed by atoms with Crippen molar-refractivity contribution in [1.29, 1.82) is 0 Å². The topological polar surface area (TPSA) is 120 Å². The van der Waals surface area contributed by atoms with Gasteiger partial charge in [-0.3, -0.25) is 14.4 Å². The van der Waals surface area contributed by atoms with Crippen molar-refractivity contribution in [3.8, 4) is 5.75 Å². The number of ether oxygens (including phenoxy) is 1. The highest BCUT2D eigenvalue weighted by Gasteiger charge is 2.35. The maximum atomic E-state index is 13.1. The van der Waals surface area contributed by atoms with Crippen molar-refractivity contribution in [2.75, 3.05) is 26.7 Å². The Hall–Kier alpha value is -3.69. The van der Waals surface area contributed by atoms with Gasteiger partial charge in [0.15, 0.2) is 0 Å². The van der Waals surface area contributed by atoms with Crippen molar-refractivity contribution in [3.63, 3.8) is 0 Å². The van der Waals surface area contributed by atoms with Gasteiger partial charge in [0.05, 0.1) is 18.7 Å². The lowest BCUT2D eigenvalue weighted by Crippen LogP contribution is -2.59. The number of benzene rings is 2. The van der Waals surface area contributed by atoms with Crippen molar-refractivity contribution in [1.82, 2.24) is 20.9 Å². The Kier molecular flexibility index (Phi) is 12.5. The van der Waals surface area contributed by atoms with Gasteiger partial charge in [0.25, 0.3) is 0 Å². The van der Waals surface area contributed by atoms with Gasteiger partial charge < -0.3 is 30.7 Å². The summed E-state index contributed by atoms with van der Waals surface area (Å²) in [6.45, 7) is 7.74. The SMILES string of the molecule is CC(C)C1NCCOc2ccccc2/C=C/NC(=O)CNC(=O)C(C(C)O)N(C)C1=O.Cc1ccccc1. The molecule has 38 heavy (non-hydrogen) atoms. The second-order valence-electron chi connectivity index (χ2n) is 9.47. The predicted molar refractivity (Wildman–Crippen MR) is 148 cm³/mol. The summed E-state index contributed by atoms with van der Waals surface area (Å²) in [7, 11) is 1.47. The van der Waals surface area contributed by atoms with Gasteiger partial charge in [0, 0.05) is 25.4 Å². The maximum absolute atomic E-state index is 13.1. The monoisotopic (exact) mass is 524 g/mol. The number of nitrogens with zero attached hydrogens (tertiary/aromatic N) is 1. The van der Waals surface area contributed by atoms with E-state index in [2.05, 4.69) is 35.0 Å². The quantitative estimate of drug-likeness (QED) is 0.478. The molecule has 2 aromatic carbocycles. The summed E-state index contributed by atoms with van der Waals surface area (Å²) in [6, 6.07) is 15.9. The van der Waals surface area contributed by atoms with Gasteiger partial charge in [-0.05, 0) is 31.9 Å². The molecule has 0 radical (unpaired) electrons. The van der Waals surface area contributed by atoms with Gasteiger partial charge in [-0.15, -0.1) is 0 Å². The molecule has 1 heterocycles. The molecular formula is C29H40N4O5. The lowest BCUT2D eigenvalue weighted by atomic mass is 10.0. The number of rotatable bonds is 2. The van der Waals surface area contributed by atoms with Crippen molar-refractivity contribution < 1.29 is 24.2 Å². The molecule has 0 spiro atoms. The van der Waals surface area contributed by atoms with E-state index in [1.165, 1.54) is 30.6 Å². The van der Waals surface area contributed by atoms with Crippen LogP contribution in [0.4, 0.5) is 0 Å². The summed E-state index contributed by atoms with van der Waals surface area (Å²) in [6.07, 6.45) is 2.06. The van der Waals surface area contributed by atoms with Crippen LogP contribution in [0.1, 0.15) is 31.9 Å². The molecule has 3 amide bonds. The van der Waals surface area contributed by atoms with Crippen LogP contribution in [0, 0.1) is 12.8 Å². The first-order chi connectivity index (χ1) is 18.1. The van der Waals surface area contributed by atoms with E-state index in [1.54, 1.807) is 6.08 Å². The van der Waals surface area contributed by atoms with E-state index in [-0.39, 0.29) is 18.4 Å². The van der Waals surface area contributed by atoms with Crippen LogP contribution in [0.15, 0.2) is 60.8 Å². The summed E-state index contributed by atoms with van der Waals surface area (Å²) >= 11 is 0. The molecule has 0 bridgehead atoms. The van der Waals surface area contributed by atoms with Crippen LogP contribution in [-0.4, -0.2) is 72.7 Å². The smallest absolute Gasteiger partial charge is 0.245 e. The summed E-state index contributed by atoms with van der Waals surface area (Å²) in [5, 5.41) is 18.4. The largest absolute Gasteiger partial charge is 0.492 e. The minimum absolute atomic E-state index is 0.0595. The van der Waals surface area contributed by atoms with Crippen LogP contribution < -0.4 is 20.7 Å². The summed E-state index contributed by atoms with van der Waals surface area (Å²) in [5.74, 6) is -0.786. The van der Waals surface area contributed by atoms with Gasteiger partial charge in [0.1, 0.15) is 18.4 Å². The van der Waals surface area contributed by atoms with Crippen molar-refractivity contribution in [2.24, 2.45) is 5.92 Å². The number of para-hydroxylation sites is 1. The molecular weight excluding hydrogens is 484 g/mol. The third-order valence-electron chi connectivity index (χ3n) is 5.94. The Morgan fingerprint density at radius 3 is 2.26 bits per heavy atom. The van der Waals surface area contributed by atoms with Crippen LogP contribution in [-0.2, 0) is 14.4 Å². The van der Waals surface area contributed by atoms with Crippen LogP contribution in [0.25, 0.3) is 6.08 Å². The molecule has 206 valence electrons. The van der Waals surface area contributed by atoms with Gasteiger partial charge >= 0.3 is 0 Å². The number of nitrogens with one attached hydrogen (secondary N) is 3. The van der Waals surface area contributed by atoms with E-state index in [0.29, 0.717) is 18.9 Å². The van der Waals surface area contributed by atoms with Crippen LogP contribution in [0.3, 0.4) is 0 Å². The molecule has 3 rings (SSSR count). The minimum atomic E-state index is -1.13. The minimum Gasteiger partial charge on any atom is -0.492 e. The first-order valence-electron chi connectivity index (χ1n) is 12.8. The third-order valence-corrected chi connectivity index (χ3v) is 5.94. The first kappa shape index (κ1) is 30.5. The fourth-order valence-electron chi connectivity index (χ4n) is 3.89. The standard InChI is InChI=1S/C22H32N4O5.C7H8/c1-14(2)19-22(30)26(4)20(15(3)27)21(29)25-13-18(28)23-10-9-16-7-5-6-8-17(16)31-12-11-24-19;1-7-5-3-2-4-6-7/h5-10,14-15,19-20,24,27H,11-13H2,1-4H3,(H,23,28)(H,25,29);2-6H,1H3/b10-9+;. The molecule has 0 fully saturated rings. The number of hydrogen-bond acceptors (Lipinski definition) is 6. The molecule has 9 nitrogen and oxygen atoms in total. The first-order valence-corrected chi connectivity index (χ1v) is 12.8. The Balaban J connectivity index is 0.000000624. The fourth-order valence-corrected chi connectivity index (χ4v) is 3.89. The number of carbonyl (C=O) groups excluding carboxylic acids is 3. The number of likely N-dealkylation sites (N-methyl/N-ethyl adjacent to an activating group) is 1. The molecule has 1 aliphatic rings. The molecule has 2 aromatic rings. The number of amides is 3. The van der Waals surface area contributed by atoms with Gasteiger partial charge in [0.2, 0.25) is 17.7 Å². The number of carbonyl (C=O) groups is 3. The van der Waals surface area contributed by atoms with Crippen LogP contribution >= 0.6 is 0 Å². The van der Waals surface area contributed by atoms with E-state index >= 15 is 0 Å². The van der Waals surface area contributed by atoms with Crippen LogP contribution in [0.2, 0.25) is 0 Å². The van der Waals surface area contributed by atoms with Crippen molar-refractivity contribution >= 4 is 23.8 Å². The number of aliphatic hydroxyl groups excluding tert-OH is 1. The highest BCUT2D eigenvalue weighted by atomic mass is 16.5. The average Bonchev–Trinajstić information content (AvgIpc) is 2.88. The highest BCUT2D eigenvalue weighted by Crippen LogP contribution is 2.19. The zero-order valence-electron chi connectivity index (χ0n) is 22.8. The highest BCUT2D eigenvalue weighted by molar-refractivity contribution is 5.92. The Morgan fingerprint density at radius 2 is 1.66 bits per heavy atom.